The zero-order valence-corrected chi connectivity index (χ0v) is 18.4. The van der Waals surface area contributed by atoms with Crippen molar-refractivity contribution in [1.82, 2.24) is 9.47 Å². The number of methoxy groups -OCH3 is 1. The highest BCUT2D eigenvalue weighted by atomic mass is 19.4. The fraction of sp³-hybridized carbons (Fsp3) is 0.320. The van der Waals surface area contributed by atoms with Gasteiger partial charge in [-0.2, -0.15) is 13.2 Å². The minimum absolute atomic E-state index is 0.0138. The van der Waals surface area contributed by atoms with Crippen molar-refractivity contribution in [3.63, 3.8) is 0 Å². The van der Waals surface area contributed by atoms with E-state index in [1.165, 1.54) is 24.8 Å². The molecule has 8 heteroatoms. The molecule has 0 saturated carbocycles. The largest absolute Gasteiger partial charge is 0.496 e. The van der Waals surface area contributed by atoms with E-state index >= 15 is 0 Å². The molecule has 2 aromatic carbocycles. The van der Waals surface area contributed by atoms with Crippen LogP contribution in [-0.2, 0) is 11.7 Å². The smallest absolute Gasteiger partial charge is 0.419 e. The van der Waals surface area contributed by atoms with Gasteiger partial charge < -0.3 is 19.5 Å². The van der Waals surface area contributed by atoms with Crippen LogP contribution in [0.5, 0.6) is 5.75 Å². The first kappa shape index (κ1) is 21.4. The van der Waals surface area contributed by atoms with Crippen molar-refractivity contribution in [2.75, 3.05) is 25.5 Å². The topological polar surface area (TPSA) is 46.5 Å². The molecule has 0 unspecified atom stereocenters. The van der Waals surface area contributed by atoms with Crippen molar-refractivity contribution in [2.45, 2.75) is 31.5 Å². The van der Waals surface area contributed by atoms with Gasteiger partial charge in [0.25, 0.3) is 5.91 Å². The Hall–Kier alpha value is -3.42. The third-order valence-corrected chi connectivity index (χ3v) is 6.68. The molecule has 3 aromatic rings. The number of alkyl halides is 3. The number of carbonyl (C=O) groups excluding carboxylic acids is 1. The van der Waals surface area contributed by atoms with Crippen LogP contribution in [0.1, 0.15) is 40.0 Å². The Bertz CT molecular complexity index is 1220. The average molecular weight is 455 g/mol. The number of fused-ring (bicyclic) bond motifs is 4. The predicted molar refractivity (Wildman–Crippen MR) is 119 cm³/mol. The van der Waals surface area contributed by atoms with Crippen LogP contribution in [0.4, 0.5) is 18.9 Å². The molecule has 0 aliphatic carbocycles. The van der Waals surface area contributed by atoms with Crippen LogP contribution in [0.25, 0.3) is 5.69 Å². The Balaban J connectivity index is 1.39. The number of likely N-dealkylation sites (tertiary alicyclic amines) is 1. The monoisotopic (exact) mass is 455 g/mol. The number of aryl methyl sites for hydroxylation is 1. The number of piperidine rings is 1. The maximum absolute atomic E-state index is 13.4. The van der Waals surface area contributed by atoms with Gasteiger partial charge in [0.15, 0.2) is 0 Å². The zero-order valence-electron chi connectivity index (χ0n) is 18.4. The summed E-state index contributed by atoms with van der Waals surface area (Å²) in [4.78, 5) is 14.7. The normalized spacial score (nSPS) is 16.7. The van der Waals surface area contributed by atoms with Crippen molar-refractivity contribution in [2.24, 2.45) is 0 Å². The molecule has 0 atom stereocenters. The number of carbonyl (C=O) groups is 1. The van der Waals surface area contributed by atoms with E-state index in [4.69, 9.17) is 4.74 Å². The number of aromatic nitrogens is 1. The maximum Gasteiger partial charge on any atom is 0.419 e. The van der Waals surface area contributed by atoms with E-state index in [1.807, 2.05) is 12.3 Å². The molecule has 0 radical (unpaired) electrons. The third-order valence-electron chi connectivity index (χ3n) is 6.68. The lowest BCUT2D eigenvalue weighted by Gasteiger charge is -2.46. The van der Waals surface area contributed by atoms with E-state index in [-0.39, 0.29) is 16.9 Å². The van der Waals surface area contributed by atoms with Crippen molar-refractivity contribution in [3.8, 4) is 11.4 Å². The van der Waals surface area contributed by atoms with Crippen molar-refractivity contribution < 1.29 is 22.7 Å². The number of nitrogens with one attached hydrogen (secondary N) is 1. The molecule has 2 aliphatic rings. The van der Waals surface area contributed by atoms with Crippen LogP contribution in [0, 0.1) is 6.92 Å². The fourth-order valence-corrected chi connectivity index (χ4v) is 4.97. The van der Waals surface area contributed by atoms with E-state index in [0.29, 0.717) is 25.9 Å². The van der Waals surface area contributed by atoms with Gasteiger partial charge in [0.1, 0.15) is 5.75 Å². The van der Waals surface area contributed by atoms with Crippen LogP contribution in [0.15, 0.2) is 54.7 Å². The minimum Gasteiger partial charge on any atom is -0.496 e. The Morgan fingerprint density at radius 1 is 1.09 bits per heavy atom. The first-order valence-corrected chi connectivity index (χ1v) is 10.8. The van der Waals surface area contributed by atoms with Gasteiger partial charge in [0.05, 0.1) is 29.6 Å². The number of rotatable bonds is 2. The van der Waals surface area contributed by atoms with Crippen LogP contribution in [0.3, 0.4) is 0 Å². The molecule has 2 aliphatic heterocycles. The highest BCUT2D eigenvalue weighted by molar-refractivity contribution is 5.94. The quantitative estimate of drug-likeness (QED) is 0.565. The Morgan fingerprint density at radius 2 is 1.85 bits per heavy atom. The number of anilines is 1. The number of hydrogen-bond donors (Lipinski definition) is 1. The highest BCUT2D eigenvalue weighted by Gasteiger charge is 2.43. The molecule has 172 valence electrons. The standard InChI is InChI=1S/C25H24F3N3O2/c1-16-5-7-19-20(14-16)31-11-3-4-22(31)24(29-19)9-12-30(13-10-24)23(32)17-6-8-21(33-2)18(15-17)25(26,27)28/h3-8,11,14-15,29H,9-10,12-13H2,1-2H3. The molecule has 3 heterocycles. The zero-order chi connectivity index (χ0) is 23.4. The molecule has 1 saturated heterocycles. The summed E-state index contributed by atoms with van der Waals surface area (Å²) in [5.41, 5.74) is 3.18. The van der Waals surface area contributed by atoms with Gasteiger partial charge >= 0.3 is 6.18 Å². The second kappa shape index (κ2) is 7.57. The molecule has 5 rings (SSSR count). The summed E-state index contributed by atoms with van der Waals surface area (Å²) in [6.07, 6.45) is -1.25. The fourth-order valence-electron chi connectivity index (χ4n) is 4.97. The number of ether oxygens (including phenoxy) is 1. The summed E-state index contributed by atoms with van der Waals surface area (Å²) < 4.78 is 47.2. The summed E-state index contributed by atoms with van der Waals surface area (Å²) in [6, 6.07) is 13.9. The SMILES string of the molecule is COc1ccc(C(=O)N2CCC3(CC2)Nc2ccc(C)cc2-n2cccc23)cc1C(F)(F)F. The molecule has 1 amide bonds. The minimum atomic E-state index is -4.60. The average Bonchev–Trinajstić information content (AvgIpc) is 3.30. The second-order valence-electron chi connectivity index (χ2n) is 8.70. The number of benzene rings is 2. The molecule has 1 N–H and O–H groups in total. The van der Waals surface area contributed by atoms with Crippen LogP contribution in [-0.4, -0.2) is 35.6 Å². The molecule has 0 bridgehead atoms. The van der Waals surface area contributed by atoms with Gasteiger partial charge in [-0.25, -0.2) is 0 Å². The number of amides is 1. The Kier molecular flexibility index (Phi) is 4.92. The van der Waals surface area contributed by atoms with Gasteiger partial charge in [0.2, 0.25) is 0 Å². The van der Waals surface area contributed by atoms with Gasteiger partial charge in [0, 0.05) is 30.5 Å². The van der Waals surface area contributed by atoms with Crippen molar-refractivity contribution >= 4 is 11.6 Å². The maximum atomic E-state index is 13.4. The van der Waals surface area contributed by atoms with E-state index in [9.17, 15) is 18.0 Å². The molecular formula is C25H24F3N3O2. The summed E-state index contributed by atoms with van der Waals surface area (Å²) >= 11 is 0. The molecule has 1 spiro atoms. The molecule has 5 nitrogen and oxygen atoms in total. The summed E-state index contributed by atoms with van der Waals surface area (Å²) in [6.45, 7) is 2.93. The summed E-state index contributed by atoms with van der Waals surface area (Å²) in [5.74, 6) is -0.696. The number of nitrogens with zero attached hydrogens (tertiary/aromatic N) is 2. The van der Waals surface area contributed by atoms with E-state index in [1.54, 1.807) is 4.90 Å². The second-order valence-corrected chi connectivity index (χ2v) is 8.70. The van der Waals surface area contributed by atoms with E-state index < -0.39 is 17.6 Å². The molecule has 33 heavy (non-hydrogen) atoms. The number of hydrogen-bond acceptors (Lipinski definition) is 3. The van der Waals surface area contributed by atoms with Crippen LogP contribution < -0.4 is 10.1 Å². The van der Waals surface area contributed by atoms with Gasteiger partial charge in [-0.05, 0) is 67.8 Å². The lowest BCUT2D eigenvalue weighted by Crippen LogP contribution is -2.51. The van der Waals surface area contributed by atoms with E-state index in [0.717, 1.165) is 23.1 Å². The first-order chi connectivity index (χ1) is 15.7. The van der Waals surface area contributed by atoms with Crippen molar-refractivity contribution in [3.05, 3.63) is 77.1 Å². The Morgan fingerprint density at radius 3 is 2.55 bits per heavy atom. The lowest BCUT2D eigenvalue weighted by molar-refractivity contribution is -0.138. The molecular weight excluding hydrogens is 431 g/mol. The van der Waals surface area contributed by atoms with Gasteiger partial charge in [-0.3, -0.25) is 4.79 Å². The predicted octanol–water partition coefficient (Wildman–Crippen LogP) is 5.37. The third kappa shape index (κ3) is 3.53. The molecule has 1 fully saturated rings. The lowest BCUT2D eigenvalue weighted by atomic mass is 9.82. The van der Waals surface area contributed by atoms with Crippen LogP contribution in [0.2, 0.25) is 0 Å². The Labute approximate surface area is 189 Å². The van der Waals surface area contributed by atoms with Crippen molar-refractivity contribution in [1.29, 1.82) is 0 Å². The van der Waals surface area contributed by atoms with Crippen LogP contribution >= 0.6 is 0 Å². The summed E-state index contributed by atoms with van der Waals surface area (Å²) in [5, 5.41) is 3.70. The van der Waals surface area contributed by atoms with Gasteiger partial charge in [-0.15, -0.1) is 0 Å². The molecule has 1 aromatic heterocycles. The summed E-state index contributed by atoms with van der Waals surface area (Å²) in [7, 11) is 1.18. The number of halogens is 3. The van der Waals surface area contributed by atoms with Gasteiger partial charge in [-0.1, -0.05) is 6.07 Å². The highest BCUT2D eigenvalue weighted by Crippen LogP contribution is 2.44. The van der Waals surface area contributed by atoms with E-state index in [2.05, 4.69) is 41.1 Å². The first-order valence-electron chi connectivity index (χ1n) is 10.8.